The van der Waals surface area contributed by atoms with Gasteiger partial charge in [0.15, 0.2) is 0 Å². The molecule has 0 radical (unpaired) electrons. The Morgan fingerprint density at radius 1 is 1.06 bits per heavy atom. The maximum atomic E-state index is 13.5. The lowest BCUT2D eigenvalue weighted by Crippen LogP contribution is -2.50. The van der Waals surface area contributed by atoms with E-state index >= 15 is 0 Å². The molecule has 186 valence electrons. The molecular weight excluding hydrogens is 462 g/mol. The first kappa shape index (κ1) is 24.9. The number of rotatable bonds is 5. The van der Waals surface area contributed by atoms with E-state index in [-0.39, 0.29) is 12.0 Å². The maximum absolute atomic E-state index is 13.5. The van der Waals surface area contributed by atoms with Crippen LogP contribution in [0.1, 0.15) is 53.3 Å². The fraction of sp³-hybridized carbons (Fsp3) is 0.462. The molecule has 9 heteroatoms. The summed E-state index contributed by atoms with van der Waals surface area (Å²) in [5.41, 5.74) is 3.21. The van der Waals surface area contributed by atoms with Gasteiger partial charge in [0.2, 0.25) is 0 Å². The van der Waals surface area contributed by atoms with E-state index in [1.54, 1.807) is 11.8 Å². The summed E-state index contributed by atoms with van der Waals surface area (Å²) in [6.45, 7) is 12.2. The van der Waals surface area contributed by atoms with Crippen molar-refractivity contribution < 1.29 is 14.3 Å². The number of thiophene rings is 1. The molecule has 1 aromatic carbocycles. The predicted molar refractivity (Wildman–Crippen MR) is 140 cm³/mol. The molecule has 3 aromatic rings. The fourth-order valence-electron chi connectivity index (χ4n) is 4.32. The Morgan fingerprint density at radius 2 is 1.69 bits per heavy atom. The van der Waals surface area contributed by atoms with Gasteiger partial charge in [-0.25, -0.2) is 14.8 Å². The third-order valence-electron chi connectivity index (χ3n) is 6.43. The van der Waals surface area contributed by atoms with Crippen LogP contribution in [0.15, 0.2) is 24.3 Å². The van der Waals surface area contributed by atoms with E-state index in [2.05, 4.69) is 48.0 Å². The van der Waals surface area contributed by atoms with E-state index in [1.165, 1.54) is 16.9 Å². The quantitative estimate of drug-likeness (QED) is 0.489. The minimum Gasteiger partial charge on any atom is -0.450 e. The number of fused-ring (bicyclic) bond motifs is 1. The fourth-order valence-corrected chi connectivity index (χ4v) is 5.51. The van der Waals surface area contributed by atoms with Gasteiger partial charge in [0.25, 0.3) is 5.91 Å². The number of aryl methyl sites for hydroxylation is 2. The van der Waals surface area contributed by atoms with Crippen LogP contribution in [0.25, 0.3) is 10.2 Å². The molecule has 0 aliphatic carbocycles. The molecule has 1 aliphatic rings. The minimum absolute atomic E-state index is 0.0263. The molecule has 4 rings (SSSR count). The molecule has 1 aliphatic heterocycles. The van der Waals surface area contributed by atoms with Gasteiger partial charge in [-0.2, -0.15) is 0 Å². The van der Waals surface area contributed by atoms with Crippen LogP contribution in [0.2, 0.25) is 0 Å². The zero-order valence-electron chi connectivity index (χ0n) is 21.3. The second-order valence-electron chi connectivity index (χ2n) is 9.11. The smallest absolute Gasteiger partial charge is 0.409 e. The summed E-state index contributed by atoms with van der Waals surface area (Å²) < 4.78 is 5.09. The number of nitrogens with zero attached hydrogens (tertiary/aromatic N) is 5. The molecule has 0 bridgehead atoms. The van der Waals surface area contributed by atoms with E-state index in [4.69, 9.17) is 9.72 Å². The van der Waals surface area contributed by atoms with Gasteiger partial charge in [-0.3, -0.25) is 4.79 Å². The predicted octanol–water partition coefficient (Wildman–Crippen LogP) is 5.11. The van der Waals surface area contributed by atoms with Crippen molar-refractivity contribution in [1.82, 2.24) is 19.8 Å². The number of benzene rings is 1. The monoisotopic (exact) mass is 495 g/mol. The number of hydrogen-bond acceptors (Lipinski definition) is 7. The van der Waals surface area contributed by atoms with E-state index < -0.39 is 0 Å². The van der Waals surface area contributed by atoms with Crippen LogP contribution >= 0.6 is 11.3 Å². The normalized spacial score (nSPS) is 14.0. The lowest BCUT2D eigenvalue weighted by Gasteiger charge is -2.33. The highest BCUT2D eigenvalue weighted by atomic mass is 32.1. The Labute approximate surface area is 210 Å². The summed E-state index contributed by atoms with van der Waals surface area (Å²) in [7, 11) is 2.00. The Bertz CT molecular complexity index is 1230. The lowest BCUT2D eigenvalue weighted by atomic mass is 10.0. The highest BCUT2D eigenvalue weighted by Gasteiger charge is 2.29. The largest absolute Gasteiger partial charge is 0.450 e. The number of piperazine rings is 1. The number of hydrogen-bond donors (Lipinski definition) is 0. The van der Waals surface area contributed by atoms with Crippen molar-refractivity contribution in [2.45, 2.75) is 40.5 Å². The zero-order valence-corrected chi connectivity index (χ0v) is 22.1. The first-order chi connectivity index (χ1) is 16.7. The van der Waals surface area contributed by atoms with Gasteiger partial charge in [0.1, 0.15) is 16.5 Å². The summed E-state index contributed by atoms with van der Waals surface area (Å²) in [5, 5.41) is 0.907. The van der Waals surface area contributed by atoms with Crippen molar-refractivity contribution in [3.05, 3.63) is 46.1 Å². The second-order valence-corrected chi connectivity index (χ2v) is 10.1. The number of carbonyl (C=O) groups is 2. The Hall–Kier alpha value is -3.20. The van der Waals surface area contributed by atoms with E-state index in [9.17, 15) is 9.59 Å². The van der Waals surface area contributed by atoms with Crippen LogP contribution < -0.4 is 4.90 Å². The molecule has 8 nitrogen and oxygen atoms in total. The highest BCUT2D eigenvalue weighted by Crippen LogP contribution is 2.38. The summed E-state index contributed by atoms with van der Waals surface area (Å²) in [6.07, 6.45) is -0.322. The summed E-state index contributed by atoms with van der Waals surface area (Å²) in [6, 6.07) is 8.50. The number of ether oxygens (including phenoxy) is 1. The molecule has 0 atom stereocenters. The third kappa shape index (κ3) is 4.96. The molecule has 0 N–H and O–H groups in total. The molecule has 0 saturated carbocycles. The first-order valence-corrected chi connectivity index (χ1v) is 12.8. The SMILES string of the molecule is CCOC(=O)N1CCN(C(=O)c2sc3nc(C)nc(N(C)c4ccc(C(C)C)cc4)c3c2C)CC1. The van der Waals surface area contributed by atoms with Crippen LogP contribution in [0.5, 0.6) is 0 Å². The highest BCUT2D eigenvalue weighted by molar-refractivity contribution is 7.20. The Balaban J connectivity index is 1.62. The molecule has 0 spiro atoms. The summed E-state index contributed by atoms with van der Waals surface area (Å²) in [5.74, 6) is 1.90. The molecule has 0 unspecified atom stereocenters. The van der Waals surface area contributed by atoms with Gasteiger partial charge in [-0.05, 0) is 49.9 Å². The van der Waals surface area contributed by atoms with Crippen molar-refractivity contribution in [1.29, 1.82) is 0 Å². The van der Waals surface area contributed by atoms with Crippen molar-refractivity contribution in [3.63, 3.8) is 0 Å². The molecule has 1 fully saturated rings. The lowest BCUT2D eigenvalue weighted by molar-refractivity contribution is 0.0574. The number of aromatic nitrogens is 2. The average Bonchev–Trinajstić information content (AvgIpc) is 3.18. The van der Waals surface area contributed by atoms with Crippen molar-refractivity contribution in [2.24, 2.45) is 0 Å². The third-order valence-corrected chi connectivity index (χ3v) is 7.61. The topological polar surface area (TPSA) is 78.9 Å². The minimum atomic E-state index is -0.322. The number of amides is 2. The number of carbonyl (C=O) groups excluding carboxylic acids is 2. The molecule has 2 aromatic heterocycles. The van der Waals surface area contributed by atoms with Crippen molar-refractivity contribution in [2.75, 3.05) is 44.7 Å². The van der Waals surface area contributed by atoms with E-state index in [0.717, 1.165) is 27.3 Å². The second kappa shape index (κ2) is 10.2. The van der Waals surface area contributed by atoms with Gasteiger partial charge in [-0.1, -0.05) is 26.0 Å². The van der Waals surface area contributed by atoms with Crippen LogP contribution in [0.4, 0.5) is 16.3 Å². The Morgan fingerprint density at radius 3 is 2.29 bits per heavy atom. The summed E-state index contributed by atoms with van der Waals surface area (Å²) in [4.78, 5) is 41.9. The van der Waals surface area contributed by atoms with Gasteiger partial charge in [0, 0.05) is 38.9 Å². The molecule has 3 heterocycles. The maximum Gasteiger partial charge on any atom is 0.409 e. The Kier molecular flexibility index (Phi) is 7.25. The van der Waals surface area contributed by atoms with Gasteiger partial charge in [-0.15, -0.1) is 11.3 Å². The van der Waals surface area contributed by atoms with Crippen LogP contribution in [-0.4, -0.2) is 71.6 Å². The molecule has 1 saturated heterocycles. The first-order valence-electron chi connectivity index (χ1n) is 12.0. The summed E-state index contributed by atoms with van der Waals surface area (Å²) >= 11 is 1.41. The molecule has 2 amide bonds. The molecular formula is C26H33N5O3S. The van der Waals surface area contributed by atoms with Gasteiger partial charge >= 0.3 is 6.09 Å². The van der Waals surface area contributed by atoms with Crippen LogP contribution in [0.3, 0.4) is 0 Å². The van der Waals surface area contributed by atoms with Gasteiger partial charge < -0.3 is 19.4 Å². The standard InChI is InChI=1S/C26H33N5O3S/c1-7-34-26(33)31-14-12-30(13-15-31)25(32)22-17(4)21-23(27-18(5)28-24(21)35-22)29(6)20-10-8-19(9-11-20)16(2)3/h8-11,16H,7,12-15H2,1-6H3. The molecule has 35 heavy (non-hydrogen) atoms. The zero-order chi connectivity index (χ0) is 25.3. The number of anilines is 2. The van der Waals surface area contributed by atoms with Gasteiger partial charge in [0.05, 0.1) is 16.9 Å². The van der Waals surface area contributed by atoms with Crippen molar-refractivity contribution >= 4 is 45.1 Å². The van der Waals surface area contributed by atoms with Crippen molar-refractivity contribution in [3.8, 4) is 0 Å². The average molecular weight is 496 g/mol. The van der Waals surface area contributed by atoms with E-state index in [0.29, 0.717) is 49.4 Å². The van der Waals surface area contributed by atoms with Crippen LogP contribution in [0, 0.1) is 13.8 Å². The van der Waals surface area contributed by atoms with Crippen LogP contribution in [-0.2, 0) is 4.74 Å². The van der Waals surface area contributed by atoms with E-state index in [1.807, 2.05) is 25.8 Å².